The van der Waals surface area contributed by atoms with E-state index in [-0.39, 0.29) is 6.17 Å². The second-order valence-corrected chi connectivity index (χ2v) is 9.18. The van der Waals surface area contributed by atoms with E-state index in [0.29, 0.717) is 30.0 Å². The Kier molecular flexibility index (Phi) is 4.62. The summed E-state index contributed by atoms with van der Waals surface area (Å²) in [6.07, 6.45) is 4.24. The van der Waals surface area contributed by atoms with Gasteiger partial charge in [0.25, 0.3) is 0 Å². The van der Waals surface area contributed by atoms with Crippen molar-refractivity contribution in [3.63, 3.8) is 0 Å². The number of aliphatic hydroxyl groups is 1. The van der Waals surface area contributed by atoms with E-state index in [1.165, 1.54) is 0 Å². The molecule has 5 rings (SSSR count). The molecule has 4 N–H and O–H groups in total. The molecule has 0 saturated heterocycles. The van der Waals surface area contributed by atoms with Crippen molar-refractivity contribution >= 4 is 17.5 Å². The summed E-state index contributed by atoms with van der Waals surface area (Å²) >= 11 is 0. The summed E-state index contributed by atoms with van der Waals surface area (Å²) in [5.41, 5.74) is 12.7. The fraction of sp³-hybridized carbons (Fsp3) is 0.435. The molecule has 0 spiro atoms. The zero-order valence-corrected chi connectivity index (χ0v) is 18.0. The van der Waals surface area contributed by atoms with Gasteiger partial charge in [-0.3, -0.25) is 10.4 Å². The molecule has 1 atom stereocenters. The van der Waals surface area contributed by atoms with Crippen LogP contribution in [0, 0.1) is 5.92 Å². The van der Waals surface area contributed by atoms with E-state index in [4.69, 9.17) is 15.5 Å². The number of nitrogens with zero attached hydrogens (tertiary/aromatic N) is 4. The third-order valence-electron chi connectivity index (χ3n) is 6.17. The smallest absolute Gasteiger partial charge is 0.218 e. The molecule has 2 aliphatic heterocycles. The highest BCUT2D eigenvalue weighted by Crippen LogP contribution is 2.46. The van der Waals surface area contributed by atoms with Gasteiger partial charge >= 0.3 is 0 Å². The number of aliphatic imine (C=N–C) groups is 2. The van der Waals surface area contributed by atoms with Crippen molar-refractivity contribution in [2.75, 3.05) is 7.11 Å². The van der Waals surface area contributed by atoms with E-state index in [9.17, 15) is 5.11 Å². The minimum atomic E-state index is -0.725. The molecular weight excluding hydrogens is 392 g/mol. The topological polar surface area (TPSA) is 108 Å². The molecule has 1 aliphatic carbocycles. The van der Waals surface area contributed by atoms with Crippen LogP contribution < -0.4 is 15.9 Å². The first-order chi connectivity index (χ1) is 14.8. The zero-order valence-electron chi connectivity index (χ0n) is 18.0. The van der Waals surface area contributed by atoms with E-state index in [2.05, 4.69) is 27.5 Å². The molecule has 2 aromatic rings. The molecule has 0 amide bonds. The number of aromatic nitrogens is 1. The molecule has 1 unspecified atom stereocenters. The van der Waals surface area contributed by atoms with E-state index in [1.807, 2.05) is 43.3 Å². The van der Waals surface area contributed by atoms with Gasteiger partial charge in [-0.15, -0.1) is 0 Å². The number of pyridine rings is 1. The molecule has 1 aromatic heterocycles. The highest BCUT2D eigenvalue weighted by Gasteiger charge is 2.42. The van der Waals surface area contributed by atoms with E-state index in [1.54, 1.807) is 7.11 Å². The molecule has 8 nitrogen and oxygen atoms in total. The first-order valence-electron chi connectivity index (χ1n) is 10.6. The van der Waals surface area contributed by atoms with Gasteiger partial charge in [-0.2, -0.15) is 0 Å². The predicted octanol–water partition coefficient (Wildman–Crippen LogP) is 2.77. The van der Waals surface area contributed by atoms with Crippen LogP contribution in [0.15, 0.2) is 46.5 Å². The highest BCUT2D eigenvalue weighted by molar-refractivity contribution is 5.94. The van der Waals surface area contributed by atoms with E-state index < -0.39 is 5.60 Å². The summed E-state index contributed by atoms with van der Waals surface area (Å²) < 4.78 is 5.44. The Labute approximate surface area is 181 Å². The number of methoxy groups -OCH3 is 1. The quantitative estimate of drug-likeness (QED) is 0.686. The lowest BCUT2D eigenvalue weighted by atomic mass is 9.72. The minimum Gasteiger partial charge on any atom is -0.494 e. The van der Waals surface area contributed by atoms with Gasteiger partial charge < -0.3 is 15.6 Å². The fourth-order valence-corrected chi connectivity index (χ4v) is 4.56. The van der Waals surface area contributed by atoms with Crippen LogP contribution in [0.25, 0.3) is 0 Å². The van der Waals surface area contributed by atoms with Crippen LogP contribution in [0.3, 0.4) is 0 Å². The standard InChI is InChI=1S/C23H28N6O2/c1-23(2,30)11-13-7-8-17(25-12-13)14-9-15(10-14)20-27-21-16-5-4-6-18(31-3)19(16)26-22(24)29(21)28-20/h4-8,12,14-15,21,30H,9-11H2,1-3H3,(H2,24,26)(H,27,28). The number of para-hydroxylation sites is 1. The Hall–Kier alpha value is -3.13. The average Bonchev–Trinajstić information content (AvgIpc) is 3.12. The first kappa shape index (κ1) is 19.8. The normalized spacial score (nSPS) is 24.4. The Bertz CT molecular complexity index is 1050. The van der Waals surface area contributed by atoms with Crippen molar-refractivity contribution < 1.29 is 9.84 Å². The van der Waals surface area contributed by atoms with Gasteiger partial charge in [0, 0.05) is 35.7 Å². The molecule has 0 bridgehead atoms. The summed E-state index contributed by atoms with van der Waals surface area (Å²) in [5, 5.41) is 11.8. The lowest BCUT2D eigenvalue weighted by molar-refractivity contribution is 0.0809. The third-order valence-corrected chi connectivity index (χ3v) is 6.17. The number of hydrogen-bond donors (Lipinski definition) is 3. The summed E-state index contributed by atoms with van der Waals surface area (Å²) in [4.78, 5) is 14.1. The third kappa shape index (κ3) is 3.61. The van der Waals surface area contributed by atoms with Crippen LogP contribution in [-0.2, 0) is 6.42 Å². The van der Waals surface area contributed by atoms with Gasteiger partial charge in [0.15, 0.2) is 6.17 Å². The minimum absolute atomic E-state index is 0.226. The number of rotatable bonds is 5. The molecule has 1 aromatic carbocycles. The Morgan fingerprint density at radius 1 is 1.23 bits per heavy atom. The monoisotopic (exact) mass is 420 g/mol. The number of nitrogens with one attached hydrogen (secondary N) is 1. The van der Waals surface area contributed by atoms with Crippen LogP contribution in [-0.4, -0.2) is 39.6 Å². The summed E-state index contributed by atoms with van der Waals surface area (Å²) in [6, 6.07) is 10.0. The van der Waals surface area contributed by atoms with Gasteiger partial charge in [0.2, 0.25) is 5.96 Å². The molecule has 8 heteroatoms. The Morgan fingerprint density at radius 3 is 2.71 bits per heavy atom. The Balaban J connectivity index is 1.28. The summed E-state index contributed by atoms with van der Waals surface area (Å²) in [7, 11) is 1.63. The zero-order chi connectivity index (χ0) is 21.8. The number of nitrogens with two attached hydrogens (primary N) is 1. The maximum atomic E-state index is 9.98. The largest absolute Gasteiger partial charge is 0.494 e. The van der Waals surface area contributed by atoms with Crippen LogP contribution in [0.1, 0.15) is 55.6 Å². The fourth-order valence-electron chi connectivity index (χ4n) is 4.56. The number of benzene rings is 1. The summed E-state index contributed by atoms with van der Waals surface area (Å²) in [5.74, 6) is 2.80. The lowest BCUT2D eigenvalue weighted by Crippen LogP contribution is -2.49. The van der Waals surface area contributed by atoms with Gasteiger partial charge in [0.05, 0.1) is 12.7 Å². The molecule has 31 heavy (non-hydrogen) atoms. The van der Waals surface area contributed by atoms with E-state index in [0.717, 1.165) is 41.2 Å². The van der Waals surface area contributed by atoms with Crippen molar-refractivity contribution in [3.05, 3.63) is 53.3 Å². The molecule has 162 valence electrons. The van der Waals surface area contributed by atoms with Crippen molar-refractivity contribution in [1.82, 2.24) is 15.4 Å². The van der Waals surface area contributed by atoms with Gasteiger partial charge in [-0.25, -0.2) is 15.0 Å². The van der Waals surface area contributed by atoms with Crippen LogP contribution in [0.2, 0.25) is 0 Å². The average molecular weight is 421 g/mol. The maximum absolute atomic E-state index is 9.98. The second kappa shape index (κ2) is 7.23. The highest BCUT2D eigenvalue weighted by atomic mass is 16.5. The first-order valence-corrected chi connectivity index (χ1v) is 10.6. The number of amidine groups is 1. The number of hydrazine groups is 1. The van der Waals surface area contributed by atoms with Gasteiger partial charge in [-0.05, 0) is 44.4 Å². The molecule has 3 heterocycles. The van der Waals surface area contributed by atoms with Crippen molar-refractivity contribution in [3.8, 4) is 5.75 Å². The van der Waals surface area contributed by atoms with Crippen LogP contribution in [0.4, 0.5) is 5.69 Å². The van der Waals surface area contributed by atoms with Crippen molar-refractivity contribution in [2.24, 2.45) is 21.6 Å². The maximum Gasteiger partial charge on any atom is 0.218 e. The second-order valence-electron chi connectivity index (χ2n) is 9.18. The summed E-state index contributed by atoms with van der Waals surface area (Å²) in [6.45, 7) is 3.62. The number of guanidine groups is 1. The predicted molar refractivity (Wildman–Crippen MR) is 119 cm³/mol. The van der Waals surface area contributed by atoms with Crippen molar-refractivity contribution in [1.29, 1.82) is 0 Å². The SMILES string of the molecule is COc1cccc2c1N=C(N)N1NC(C3CC(c4ccc(CC(C)(C)O)cn4)C3)=NC21. The van der Waals surface area contributed by atoms with E-state index >= 15 is 0 Å². The number of hydrogen-bond acceptors (Lipinski definition) is 8. The molecular formula is C23H28N6O2. The van der Waals surface area contributed by atoms with Crippen LogP contribution in [0.5, 0.6) is 5.75 Å². The lowest BCUT2D eigenvalue weighted by Gasteiger charge is -2.35. The molecule has 1 saturated carbocycles. The molecule has 0 radical (unpaired) electrons. The molecule has 1 fully saturated rings. The number of fused-ring (bicyclic) bond motifs is 3. The Morgan fingerprint density at radius 2 is 2.03 bits per heavy atom. The van der Waals surface area contributed by atoms with Crippen LogP contribution >= 0.6 is 0 Å². The molecule has 3 aliphatic rings. The van der Waals surface area contributed by atoms with Crippen molar-refractivity contribution in [2.45, 2.75) is 50.8 Å². The van der Waals surface area contributed by atoms with Gasteiger partial charge in [0.1, 0.15) is 17.3 Å². The number of ether oxygens (including phenoxy) is 1. The van der Waals surface area contributed by atoms with Gasteiger partial charge in [-0.1, -0.05) is 18.2 Å².